The normalized spacial score (nSPS) is 16.4. The number of aromatic carboxylic acids is 1. The van der Waals surface area contributed by atoms with Crippen LogP contribution >= 0.6 is 11.6 Å². The molecule has 5 rings (SSSR count). The molecular weight excluding hydrogens is 701 g/mol. The average Bonchev–Trinajstić information content (AvgIpc) is 3.09. The van der Waals surface area contributed by atoms with Gasteiger partial charge >= 0.3 is 30.9 Å². The lowest BCUT2D eigenvalue weighted by molar-refractivity contribution is -0.153. The van der Waals surface area contributed by atoms with Crippen LogP contribution in [0.5, 0.6) is 17.2 Å². The van der Waals surface area contributed by atoms with Crippen molar-refractivity contribution >= 4 is 48.4 Å². The molecule has 1 aromatic heterocycles. The Morgan fingerprint density at radius 2 is 1.88 bits per heavy atom. The molecule has 5 amide bonds. The zero-order valence-electron chi connectivity index (χ0n) is 26.7. The van der Waals surface area contributed by atoms with Crippen LogP contribution in [0.3, 0.4) is 0 Å². The third kappa shape index (κ3) is 7.79. The molecule has 0 aliphatic carbocycles. The van der Waals surface area contributed by atoms with E-state index in [4.69, 9.17) is 16.3 Å². The number of phenols is 2. The molecule has 20 heteroatoms. The van der Waals surface area contributed by atoms with Crippen molar-refractivity contribution in [3.8, 4) is 17.2 Å². The zero-order valence-corrected chi connectivity index (χ0v) is 27.4. The number of carboxylic acids is 1. The van der Waals surface area contributed by atoms with Crippen LogP contribution in [-0.4, -0.2) is 116 Å². The smallest absolute Gasteiger partial charge is 0.534 e. The number of nitrogens with one attached hydrogen (secondary N) is 2. The number of carboxylic acid groups (broad SMARTS) is 1. The summed E-state index contributed by atoms with van der Waals surface area (Å²) in [5.41, 5.74) is -0.422. The van der Waals surface area contributed by atoms with E-state index in [0.717, 1.165) is 11.6 Å². The number of piperazine rings is 1. The monoisotopic (exact) mass is 730 g/mol. The van der Waals surface area contributed by atoms with Gasteiger partial charge in [-0.25, -0.2) is 18.4 Å². The molecule has 0 saturated carbocycles. The highest BCUT2D eigenvalue weighted by molar-refractivity contribution is 6.47. The fraction of sp³-hybridized carbons (Fsp3) is 0.290. The Kier molecular flexibility index (Phi) is 10.9. The average molecular weight is 731 g/mol. The molecule has 2 aromatic carbocycles. The molecule has 2 atom stereocenters. The lowest BCUT2D eigenvalue weighted by Gasteiger charge is -2.34. The van der Waals surface area contributed by atoms with Gasteiger partial charge in [-0.2, -0.15) is 0 Å². The maximum atomic E-state index is 14.6. The van der Waals surface area contributed by atoms with Crippen molar-refractivity contribution in [2.75, 3.05) is 33.2 Å². The van der Waals surface area contributed by atoms with Gasteiger partial charge in [0.15, 0.2) is 17.3 Å². The number of halogens is 3. The van der Waals surface area contributed by atoms with E-state index in [1.54, 1.807) is 18.5 Å². The van der Waals surface area contributed by atoms with Crippen LogP contribution in [-0.2, 0) is 27.3 Å². The van der Waals surface area contributed by atoms with Crippen molar-refractivity contribution < 1.29 is 57.8 Å². The van der Waals surface area contributed by atoms with E-state index in [2.05, 4.69) is 15.6 Å². The number of fused-ring (bicyclic) bond motifs is 1. The molecule has 1 saturated heterocycles. The fourth-order valence-electron chi connectivity index (χ4n) is 5.60. The Bertz CT molecular complexity index is 1890. The van der Waals surface area contributed by atoms with Gasteiger partial charge in [0, 0.05) is 50.7 Å². The molecule has 3 aromatic rings. The highest BCUT2D eigenvalue weighted by atomic mass is 35.5. The summed E-state index contributed by atoms with van der Waals surface area (Å²) in [5.74, 6) is -12.0. The Morgan fingerprint density at radius 1 is 1.14 bits per heavy atom. The Hall–Kier alpha value is -5.53. The van der Waals surface area contributed by atoms with E-state index >= 15 is 0 Å². The molecule has 1 unspecified atom stereocenters. The summed E-state index contributed by atoms with van der Waals surface area (Å²) in [4.78, 5) is 72.5. The molecule has 0 bridgehead atoms. The lowest BCUT2D eigenvalue weighted by Crippen LogP contribution is -2.60. The van der Waals surface area contributed by atoms with E-state index in [0.29, 0.717) is 24.1 Å². The van der Waals surface area contributed by atoms with Crippen molar-refractivity contribution in [2.45, 2.75) is 24.9 Å². The molecule has 3 heterocycles. The molecular formula is C31H30BClF2N6O10. The van der Waals surface area contributed by atoms with Gasteiger partial charge in [-0.15, -0.1) is 0 Å². The van der Waals surface area contributed by atoms with Crippen molar-refractivity contribution in [3.63, 3.8) is 0 Å². The zero-order chi connectivity index (χ0) is 37.1. The van der Waals surface area contributed by atoms with E-state index in [1.165, 1.54) is 11.0 Å². The summed E-state index contributed by atoms with van der Waals surface area (Å²) >= 11 is 6.14. The number of carbonyl (C=O) groups is 5. The van der Waals surface area contributed by atoms with Gasteiger partial charge in [-0.1, -0.05) is 23.7 Å². The number of aromatic hydroxyl groups is 2. The third-order valence-electron chi connectivity index (χ3n) is 8.27. The summed E-state index contributed by atoms with van der Waals surface area (Å²) in [7, 11) is -0.137. The summed E-state index contributed by atoms with van der Waals surface area (Å²) in [6.07, 6.45) is 3.03. The molecule has 2 aliphatic heterocycles. The van der Waals surface area contributed by atoms with Crippen LogP contribution in [0.15, 0.2) is 42.7 Å². The minimum atomic E-state index is -2.02. The van der Waals surface area contributed by atoms with Crippen LogP contribution in [0.1, 0.15) is 33.1 Å². The van der Waals surface area contributed by atoms with E-state index in [1.807, 2.05) is 18.0 Å². The largest absolute Gasteiger partial charge is 0.547 e. The first-order valence-corrected chi connectivity index (χ1v) is 15.6. The van der Waals surface area contributed by atoms with Crippen LogP contribution in [0.25, 0.3) is 0 Å². The van der Waals surface area contributed by atoms with Crippen molar-refractivity contribution in [2.24, 2.45) is 0 Å². The predicted octanol–water partition coefficient (Wildman–Crippen LogP) is 0.816. The highest BCUT2D eigenvalue weighted by Gasteiger charge is 2.42. The second-order valence-electron chi connectivity index (χ2n) is 11.7. The van der Waals surface area contributed by atoms with Gasteiger partial charge in [0.05, 0.1) is 11.0 Å². The number of amides is 5. The molecule has 16 nitrogen and oxygen atoms in total. The summed E-state index contributed by atoms with van der Waals surface area (Å²) in [5, 5.41) is 43.8. The van der Waals surface area contributed by atoms with Crippen LogP contribution in [0.4, 0.5) is 13.6 Å². The highest BCUT2D eigenvalue weighted by Crippen LogP contribution is 2.40. The number of carbonyl (C=O) groups excluding carboxylic acids is 4. The first-order chi connectivity index (χ1) is 24.2. The minimum Gasteiger partial charge on any atom is -0.534 e. The van der Waals surface area contributed by atoms with E-state index in [9.17, 15) is 53.1 Å². The van der Waals surface area contributed by atoms with Crippen LogP contribution < -0.4 is 15.3 Å². The van der Waals surface area contributed by atoms with Crippen molar-refractivity contribution in [1.29, 1.82) is 0 Å². The van der Waals surface area contributed by atoms with Gasteiger partial charge < -0.3 is 45.4 Å². The molecule has 6 N–H and O–H groups in total. The number of likely N-dealkylation sites (N-methyl/N-ethyl adjacent to an activating group) is 1. The number of hydrogen-bond acceptors (Lipinski definition) is 11. The van der Waals surface area contributed by atoms with Crippen molar-refractivity contribution in [1.82, 2.24) is 30.3 Å². The number of urea groups is 1. The topological polar surface area (TPSA) is 222 Å². The fourth-order valence-corrected chi connectivity index (χ4v) is 5.85. The van der Waals surface area contributed by atoms with Gasteiger partial charge in [-0.3, -0.25) is 24.3 Å². The number of phenolic OH excluding ortho intramolecular Hbond substituents is 2. The summed E-state index contributed by atoms with van der Waals surface area (Å²) < 4.78 is 34.0. The SMILES string of the molecule is CN(CCN1CCN(C(=O)NC(C(=O)N[C@H]2Cc3ccc(F)c(C(=O)O)c3OB2O)c2cc(F)c(O)c(O)c2Cl)C(=O)C1=O)Cc1cccnc1. The molecule has 268 valence electrons. The molecule has 0 spiro atoms. The van der Waals surface area contributed by atoms with Gasteiger partial charge in [0.1, 0.15) is 23.2 Å². The van der Waals surface area contributed by atoms with Crippen LogP contribution in [0, 0.1) is 11.6 Å². The first-order valence-electron chi connectivity index (χ1n) is 15.3. The van der Waals surface area contributed by atoms with Gasteiger partial charge in [-0.05, 0) is 42.8 Å². The quantitative estimate of drug-likeness (QED) is 0.0970. The number of imide groups is 1. The predicted molar refractivity (Wildman–Crippen MR) is 172 cm³/mol. The lowest BCUT2D eigenvalue weighted by atomic mass is 9.72. The third-order valence-corrected chi connectivity index (χ3v) is 8.67. The summed E-state index contributed by atoms with van der Waals surface area (Å²) in [6.45, 7) is 0.698. The summed E-state index contributed by atoms with van der Waals surface area (Å²) in [6, 6.07) is 2.93. The second kappa shape index (κ2) is 15.2. The Balaban J connectivity index is 1.32. The number of benzene rings is 2. The maximum absolute atomic E-state index is 14.6. The number of pyridine rings is 1. The Labute approximate surface area is 293 Å². The number of aromatic nitrogens is 1. The van der Waals surface area contributed by atoms with Crippen molar-refractivity contribution in [3.05, 3.63) is 81.6 Å². The number of hydrogen-bond donors (Lipinski definition) is 6. The number of nitrogens with zero attached hydrogens (tertiary/aromatic N) is 4. The number of rotatable bonds is 10. The van der Waals surface area contributed by atoms with E-state index in [-0.39, 0.29) is 31.6 Å². The van der Waals surface area contributed by atoms with Gasteiger partial charge in [0.2, 0.25) is 5.91 Å². The minimum absolute atomic E-state index is 0.0606. The molecule has 51 heavy (non-hydrogen) atoms. The Morgan fingerprint density at radius 3 is 2.57 bits per heavy atom. The van der Waals surface area contributed by atoms with Crippen LogP contribution in [0.2, 0.25) is 5.02 Å². The first kappa shape index (κ1) is 36.7. The standard InChI is InChI=1S/C31H30BClF2N6O10/c1-39(14-15-3-2-6-36-13-15)7-8-40-9-10-41(29(46)28(40)45)31(49)38-23(17-12-19(35)24(42)25(43)22(17)33)27(44)37-20-11-16-4-5-18(34)21(30(47)48)26(16)51-32(20)50/h2-6,12-13,20,23,42-43,50H,7-11,14H2,1H3,(H,37,44)(H,38,49)(H,47,48)/t20-,23?/m0/s1. The molecule has 2 aliphatic rings. The molecule has 1 fully saturated rings. The van der Waals surface area contributed by atoms with E-state index < -0.39 is 93.9 Å². The maximum Gasteiger partial charge on any atom is 0.547 e. The molecule has 0 radical (unpaired) electrons. The van der Waals surface area contributed by atoms with Gasteiger partial charge in [0.25, 0.3) is 0 Å². The second-order valence-corrected chi connectivity index (χ2v) is 12.1.